The molecule has 0 aromatic heterocycles. The molecule has 2 bridgehead atoms. The number of amides is 3. The summed E-state index contributed by atoms with van der Waals surface area (Å²) in [5.41, 5.74) is -1.59. The lowest BCUT2D eigenvalue weighted by Gasteiger charge is -2.43. The fourth-order valence-corrected chi connectivity index (χ4v) is 7.73. The van der Waals surface area contributed by atoms with Crippen LogP contribution >= 0.6 is 0 Å². The Morgan fingerprint density at radius 3 is 2.33 bits per heavy atom. The smallest absolute Gasteiger partial charge is 0.249 e. The first-order valence-electron chi connectivity index (χ1n) is 15.5. The molecular weight excluding hydrogens is 530 g/mol. The van der Waals surface area contributed by atoms with Crippen molar-refractivity contribution in [2.45, 2.75) is 95.5 Å². The van der Waals surface area contributed by atoms with Gasteiger partial charge < -0.3 is 24.5 Å². The third-order valence-corrected chi connectivity index (χ3v) is 9.58. The zero-order chi connectivity index (χ0) is 30.9. The summed E-state index contributed by atoms with van der Waals surface area (Å²) in [7, 11) is 0. The Morgan fingerprint density at radius 2 is 1.79 bits per heavy atom. The number of hydrogen-bond acceptors (Lipinski definition) is 5. The first-order valence-corrected chi connectivity index (χ1v) is 15.5. The van der Waals surface area contributed by atoms with Crippen LogP contribution < -0.4 is 0 Å². The minimum absolute atomic E-state index is 0.117. The molecule has 1 aromatic rings. The van der Waals surface area contributed by atoms with Crippen molar-refractivity contribution in [3.05, 3.63) is 61.2 Å². The van der Waals surface area contributed by atoms with E-state index in [0.717, 1.165) is 12.0 Å². The van der Waals surface area contributed by atoms with E-state index in [2.05, 4.69) is 13.2 Å². The van der Waals surface area contributed by atoms with Gasteiger partial charge in [-0.15, -0.1) is 13.2 Å². The number of aliphatic hydroxyl groups is 1. The van der Waals surface area contributed by atoms with E-state index >= 15 is 0 Å². The summed E-state index contributed by atoms with van der Waals surface area (Å²) in [6.45, 7) is 18.6. The highest BCUT2D eigenvalue weighted by Gasteiger charge is 2.79. The zero-order valence-electron chi connectivity index (χ0n) is 26.1. The van der Waals surface area contributed by atoms with Crippen LogP contribution in [0.1, 0.15) is 65.9 Å². The normalized spacial score (nSPS) is 28.9. The van der Waals surface area contributed by atoms with E-state index in [0.29, 0.717) is 45.3 Å². The molecule has 3 heterocycles. The number of benzene rings is 1. The van der Waals surface area contributed by atoms with Gasteiger partial charge >= 0.3 is 0 Å². The third kappa shape index (κ3) is 5.21. The topological polar surface area (TPSA) is 90.4 Å². The Hall–Kier alpha value is -2.97. The lowest BCUT2D eigenvalue weighted by Crippen LogP contribution is -2.62. The summed E-state index contributed by atoms with van der Waals surface area (Å²) in [4.78, 5) is 49.0. The van der Waals surface area contributed by atoms with Gasteiger partial charge in [0, 0.05) is 25.2 Å². The quantitative estimate of drug-likeness (QED) is 0.357. The highest BCUT2D eigenvalue weighted by Crippen LogP contribution is 2.65. The van der Waals surface area contributed by atoms with E-state index in [4.69, 9.17) is 4.74 Å². The molecule has 1 spiro atoms. The summed E-state index contributed by atoms with van der Waals surface area (Å²) in [5, 5.41) is 10.7. The van der Waals surface area contributed by atoms with Crippen molar-refractivity contribution in [1.29, 1.82) is 0 Å². The molecule has 0 radical (unpaired) electrons. The first kappa shape index (κ1) is 32.0. The van der Waals surface area contributed by atoms with Crippen LogP contribution in [-0.4, -0.2) is 92.6 Å². The molecule has 3 fully saturated rings. The van der Waals surface area contributed by atoms with Crippen LogP contribution in [-0.2, 0) is 25.5 Å². The van der Waals surface area contributed by atoms with Crippen molar-refractivity contribution in [3.8, 4) is 0 Å². The number of rotatable bonds is 13. The monoisotopic (exact) mass is 579 g/mol. The average molecular weight is 580 g/mol. The van der Waals surface area contributed by atoms with E-state index in [1.807, 2.05) is 65.0 Å². The molecule has 230 valence electrons. The summed E-state index contributed by atoms with van der Waals surface area (Å²) in [5.74, 6) is -2.16. The molecule has 42 heavy (non-hydrogen) atoms. The predicted molar refractivity (Wildman–Crippen MR) is 163 cm³/mol. The van der Waals surface area contributed by atoms with Crippen LogP contribution in [0.25, 0.3) is 0 Å². The molecule has 4 rings (SSSR count). The number of nitrogens with zero attached hydrogens (tertiary/aromatic N) is 3. The van der Waals surface area contributed by atoms with Crippen molar-refractivity contribution in [3.63, 3.8) is 0 Å². The largest absolute Gasteiger partial charge is 0.394 e. The van der Waals surface area contributed by atoms with E-state index in [9.17, 15) is 19.5 Å². The van der Waals surface area contributed by atoms with Crippen molar-refractivity contribution in [1.82, 2.24) is 14.7 Å². The summed E-state index contributed by atoms with van der Waals surface area (Å²) < 4.78 is 6.99. The van der Waals surface area contributed by atoms with Crippen LogP contribution in [0.4, 0.5) is 0 Å². The Labute approximate surface area is 251 Å². The minimum atomic E-state index is -1.16. The zero-order valence-corrected chi connectivity index (χ0v) is 26.1. The fraction of sp³-hybridized carbons (Fsp3) is 0.618. The number of fused-ring (bicyclic) bond motifs is 1. The van der Waals surface area contributed by atoms with Gasteiger partial charge in [-0.1, -0.05) is 56.3 Å². The van der Waals surface area contributed by atoms with Gasteiger partial charge in [0.15, 0.2) is 0 Å². The second kappa shape index (κ2) is 12.3. The van der Waals surface area contributed by atoms with Crippen molar-refractivity contribution in [2.75, 3.05) is 26.2 Å². The van der Waals surface area contributed by atoms with E-state index in [1.54, 1.807) is 26.9 Å². The summed E-state index contributed by atoms with van der Waals surface area (Å²) >= 11 is 0. The van der Waals surface area contributed by atoms with Crippen LogP contribution in [0.3, 0.4) is 0 Å². The fourth-order valence-electron chi connectivity index (χ4n) is 7.73. The Morgan fingerprint density at radius 1 is 1.12 bits per heavy atom. The Kier molecular flexibility index (Phi) is 9.38. The SMILES string of the molecule is C=CCN(CCC)C(=O)[C@@H]1[C@H]2C(=O)N([C@@H](CO)Cc3ccccc3)C(C(=O)N(CC=C)C(C)(C)C)C23CC[C@@]1(CC)O3. The second-order valence-electron chi connectivity index (χ2n) is 13.1. The average Bonchev–Trinajstić information content (AvgIpc) is 3.57. The van der Waals surface area contributed by atoms with Crippen molar-refractivity contribution >= 4 is 17.7 Å². The molecule has 1 aromatic carbocycles. The number of aliphatic hydroxyl groups excluding tert-OH is 1. The number of carbonyl (C=O) groups is 3. The van der Waals surface area contributed by atoms with Gasteiger partial charge in [-0.3, -0.25) is 14.4 Å². The molecule has 3 saturated heterocycles. The highest BCUT2D eigenvalue weighted by atomic mass is 16.5. The molecule has 3 amide bonds. The lowest BCUT2D eigenvalue weighted by molar-refractivity contribution is -0.160. The maximum absolute atomic E-state index is 14.8. The summed E-state index contributed by atoms with van der Waals surface area (Å²) in [6.07, 6.45) is 6.21. The van der Waals surface area contributed by atoms with Crippen LogP contribution in [0, 0.1) is 11.8 Å². The molecular formula is C34H49N3O5. The molecule has 8 heteroatoms. The Balaban J connectivity index is 1.88. The Bertz CT molecular complexity index is 1180. The van der Waals surface area contributed by atoms with E-state index < -0.39 is 40.7 Å². The van der Waals surface area contributed by atoms with Crippen molar-refractivity contribution in [2.24, 2.45) is 11.8 Å². The van der Waals surface area contributed by atoms with Crippen molar-refractivity contribution < 1.29 is 24.2 Å². The first-order chi connectivity index (χ1) is 20.0. The van der Waals surface area contributed by atoms with Crippen LogP contribution in [0.2, 0.25) is 0 Å². The maximum Gasteiger partial charge on any atom is 0.249 e. The standard InChI is InChI=1S/C34H49N3O5/c1-8-19-35(20-9-2)29(39)26-27-30(40)37(25(23-38)22-24-15-13-12-14-16-24)28(31(41)36(21-10-3)32(5,6)7)34(27)18-17-33(26,11-4)42-34/h8,10,12-16,25-28,38H,1,3,9,11,17-23H2,2,4-7H3/t25-,26+,27+,28?,33-,34?/m1/s1. The minimum Gasteiger partial charge on any atom is -0.394 e. The molecule has 1 N–H and O–H groups in total. The second-order valence-corrected chi connectivity index (χ2v) is 13.1. The van der Waals surface area contributed by atoms with Crippen LogP contribution in [0.15, 0.2) is 55.6 Å². The molecule has 0 aliphatic carbocycles. The molecule has 6 atom stereocenters. The molecule has 8 nitrogen and oxygen atoms in total. The van der Waals surface area contributed by atoms with Gasteiger partial charge in [-0.25, -0.2) is 0 Å². The number of likely N-dealkylation sites (tertiary alicyclic amines) is 1. The number of hydrogen-bond donors (Lipinski definition) is 1. The third-order valence-electron chi connectivity index (χ3n) is 9.58. The lowest BCUT2D eigenvalue weighted by atomic mass is 9.64. The molecule has 0 saturated carbocycles. The molecule has 3 aliphatic rings. The number of ether oxygens (including phenoxy) is 1. The maximum atomic E-state index is 14.8. The number of carbonyl (C=O) groups excluding carboxylic acids is 3. The van der Waals surface area contributed by atoms with Gasteiger partial charge in [0.2, 0.25) is 17.7 Å². The predicted octanol–water partition coefficient (Wildman–Crippen LogP) is 3.98. The van der Waals surface area contributed by atoms with Gasteiger partial charge in [0.25, 0.3) is 0 Å². The molecule has 2 unspecified atom stereocenters. The van der Waals surface area contributed by atoms with E-state index in [1.165, 1.54) is 0 Å². The van der Waals surface area contributed by atoms with Gasteiger partial charge in [0.1, 0.15) is 11.6 Å². The van der Waals surface area contributed by atoms with E-state index in [-0.39, 0.29) is 24.3 Å². The molecule has 3 aliphatic heterocycles. The van der Waals surface area contributed by atoms with Crippen LogP contribution in [0.5, 0.6) is 0 Å². The van der Waals surface area contributed by atoms with Gasteiger partial charge in [-0.05, 0) is 58.4 Å². The van der Waals surface area contributed by atoms with Gasteiger partial charge in [0.05, 0.1) is 30.1 Å². The summed E-state index contributed by atoms with van der Waals surface area (Å²) in [6, 6.07) is 8.04. The highest BCUT2D eigenvalue weighted by molar-refractivity contribution is 5.99. The van der Waals surface area contributed by atoms with Gasteiger partial charge in [-0.2, -0.15) is 0 Å².